The van der Waals surface area contributed by atoms with E-state index in [4.69, 9.17) is 4.74 Å². The molecule has 1 heterocycles. The van der Waals surface area contributed by atoms with Crippen molar-refractivity contribution in [1.29, 1.82) is 0 Å². The van der Waals surface area contributed by atoms with Gasteiger partial charge in [-0.15, -0.1) is 11.3 Å². The number of rotatable bonds is 7. The fraction of sp³-hybridized carbons (Fsp3) is 0.444. The van der Waals surface area contributed by atoms with Crippen molar-refractivity contribution in [3.63, 3.8) is 0 Å². The number of aryl methyl sites for hydroxylation is 1. The number of amides is 1. The Labute approximate surface area is 145 Å². The second-order valence-electron chi connectivity index (χ2n) is 6.31. The van der Waals surface area contributed by atoms with E-state index in [-0.39, 0.29) is 11.3 Å². The Hall–Kier alpha value is -1.76. The maximum atomic E-state index is 12.5. The fourth-order valence-electron chi connectivity index (χ4n) is 2.88. The van der Waals surface area contributed by atoms with Crippen LogP contribution in [0.1, 0.15) is 44.9 Å². The summed E-state index contributed by atoms with van der Waals surface area (Å²) in [6.45, 7) is 2.71. The Morgan fingerprint density at radius 2 is 2.12 bits per heavy atom. The average molecular weight is 346 g/mol. The van der Waals surface area contributed by atoms with Crippen molar-refractivity contribution < 1.29 is 14.6 Å². The summed E-state index contributed by atoms with van der Waals surface area (Å²) in [5.41, 5.74) is 1.38. The number of ether oxygens (including phenoxy) is 1. The molecule has 5 nitrogen and oxygen atoms in total. The summed E-state index contributed by atoms with van der Waals surface area (Å²) in [5, 5.41) is 14.4. The van der Waals surface area contributed by atoms with Crippen LogP contribution in [0.5, 0.6) is 0 Å². The van der Waals surface area contributed by atoms with Gasteiger partial charge in [0.1, 0.15) is 9.88 Å². The molecule has 2 N–H and O–H groups in total. The van der Waals surface area contributed by atoms with Crippen LogP contribution in [0.3, 0.4) is 0 Å². The third kappa shape index (κ3) is 3.50. The van der Waals surface area contributed by atoms with Gasteiger partial charge in [-0.2, -0.15) is 0 Å². The molecule has 6 heteroatoms. The molecule has 24 heavy (non-hydrogen) atoms. The molecule has 0 aliphatic heterocycles. The minimum absolute atomic E-state index is 0.126. The first kappa shape index (κ1) is 17.1. The van der Waals surface area contributed by atoms with Crippen LogP contribution < -0.4 is 5.32 Å². The number of nitrogens with zero attached hydrogens (tertiary/aromatic N) is 1. The zero-order chi connectivity index (χ0) is 17.2. The Balaban J connectivity index is 1.64. The highest BCUT2D eigenvalue weighted by molar-refractivity contribution is 7.13. The number of nitrogens with one attached hydrogen (secondary N) is 1. The van der Waals surface area contributed by atoms with Crippen molar-refractivity contribution in [3.05, 3.63) is 51.5 Å². The molecule has 3 rings (SSSR count). The summed E-state index contributed by atoms with van der Waals surface area (Å²) in [7, 11) is 1.61. The van der Waals surface area contributed by atoms with Gasteiger partial charge in [-0.05, 0) is 25.3 Å². The molecule has 2 aromatic rings. The van der Waals surface area contributed by atoms with Crippen molar-refractivity contribution in [1.82, 2.24) is 10.3 Å². The van der Waals surface area contributed by atoms with Crippen molar-refractivity contribution in [3.8, 4) is 0 Å². The smallest absolute Gasteiger partial charge is 0.263 e. The summed E-state index contributed by atoms with van der Waals surface area (Å²) in [5.74, 6) is -0.126. The van der Waals surface area contributed by atoms with E-state index in [9.17, 15) is 9.90 Å². The van der Waals surface area contributed by atoms with E-state index in [1.807, 2.05) is 37.3 Å². The Morgan fingerprint density at radius 1 is 1.42 bits per heavy atom. The summed E-state index contributed by atoms with van der Waals surface area (Å²) in [4.78, 5) is 17.4. The third-order valence-electron chi connectivity index (χ3n) is 4.50. The third-order valence-corrected chi connectivity index (χ3v) is 5.63. The molecular weight excluding hydrogens is 324 g/mol. The van der Waals surface area contributed by atoms with Gasteiger partial charge >= 0.3 is 0 Å². The van der Waals surface area contributed by atoms with Gasteiger partial charge in [-0.3, -0.25) is 4.79 Å². The van der Waals surface area contributed by atoms with Crippen molar-refractivity contribution in [2.75, 3.05) is 13.7 Å². The molecule has 128 valence electrons. The number of thiazole rings is 1. The number of aliphatic hydroxyl groups is 1. The second kappa shape index (κ2) is 7.01. The van der Waals surface area contributed by atoms with Crippen LogP contribution in [-0.4, -0.2) is 29.7 Å². The molecule has 0 spiro atoms. The van der Waals surface area contributed by atoms with Crippen LogP contribution in [-0.2, 0) is 11.3 Å². The molecule has 0 saturated heterocycles. The molecule has 1 saturated carbocycles. The van der Waals surface area contributed by atoms with Crippen molar-refractivity contribution in [2.45, 2.75) is 32.5 Å². The van der Waals surface area contributed by atoms with Crippen LogP contribution in [0.4, 0.5) is 0 Å². The number of carbonyl (C=O) groups is 1. The fourth-order valence-corrected chi connectivity index (χ4v) is 3.83. The number of hydrogen-bond donors (Lipinski definition) is 2. The van der Waals surface area contributed by atoms with E-state index >= 15 is 0 Å². The minimum Gasteiger partial charge on any atom is -0.388 e. The van der Waals surface area contributed by atoms with Crippen LogP contribution in [0.2, 0.25) is 0 Å². The highest BCUT2D eigenvalue weighted by Gasteiger charge is 2.49. The lowest BCUT2D eigenvalue weighted by atomic mass is 9.92. The van der Waals surface area contributed by atoms with Gasteiger partial charge in [0.2, 0.25) is 0 Å². The molecule has 1 amide bonds. The number of benzene rings is 1. The maximum Gasteiger partial charge on any atom is 0.263 e. The zero-order valence-electron chi connectivity index (χ0n) is 13.9. The van der Waals surface area contributed by atoms with Gasteiger partial charge in [-0.1, -0.05) is 30.3 Å². The maximum absolute atomic E-state index is 12.5. The SMILES string of the molecule is COCc1nc(C)c(C(=O)NCC2(C(O)c3ccccc3)CC2)s1. The molecule has 0 bridgehead atoms. The topological polar surface area (TPSA) is 71.5 Å². The molecule has 1 aromatic carbocycles. The number of aliphatic hydroxyl groups excluding tert-OH is 1. The van der Waals surface area contributed by atoms with Crippen LogP contribution in [0.25, 0.3) is 0 Å². The molecule has 0 radical (unpaired) electrons. The summed E-state index contributed by atoms with van der Waals surface area (Å²) < 4.78 is 5.06. The average Bonchev–Trinajstić information content (AvgIpc) is 3.30. The predicted octanol–water partition coefficient (Wildman–Crippen LogP) is 2.84. The molecule has 1 unspecified atom stereocenters. The number of carbonyl (C=O) groups excluding carboxylic acids is 1. The van der Waals surface area contributed by atoms with Gasteiger partial charge in [0, 0.05) is 19.1 Å². The largest absolute Gasteiger partial charge is 0.388 e. The van der Waals surface area contributed by atoms with Crippen molar-refractivity contribution in [2.24, 2.45) is 5.41 Å². The Morgan fingerprint density at radius 3 is 2.75 bits per heavy atom. The molecule has 1 aromatic heterocycles. The highest BCUT2D eigenvalue weighted by atomic mass is 32.1. The lowest BCUT2D eigenvalue weighted by Crippen LogP contribution is -2.33. The Kier molecular flexibility index (Phi) is 4.99. The summed E-state index contributed by atoms with van der Waals surface area (Å²) >= 11 is 1.36. The normalized spacial score (nSPS) is 16.6. The number of methoxy groups -OCH3 is 1. The summed E-state index contributed by atoms with van der Waals surface area (Å²) in [6.07, 6.45) is 1.28. The Bertz CT molecular complexity index is 710. The van der Waals surface area contributed by atoms with Gasteiger partial charge in [0.15, 0.2) is 0 Å². The number of aromatic nitrogens is 1. The first-order valence-electron chi connectivity index (χ1n) is 8.02. The molecule has 1 fully saturated rings. The van der Waals surface area contributed by atoms with Crippen LogP contribution >= 0.6 is 11.3 Å². The lowest BCUT2D eigenvalue weighted by molar-refractivity contribution is 0.0810. The second-order valence-corrected chi connectivity index (χ2v) is 7.40. The van der Waals surface area contributed by atoms with Gasteiger partial charge in [-0.25, -0.2) is 4.98 Å². The van der Waals surface area contributed by atoms with Crippen LogP contribution in [0.15, 0.2) is 30.3 Å². The first-order chi connectivity index (χ1) is 11.6. The standard InChI is InChI=1S/C18H22N2O3S/c1-12-15(24-14(20-12)10-23-2)17(22)19-11-18(8-9-18)16(21)13-6-4-3-5-7-13/h3-7,16,21H,8-11H2,1-2H3,(H,19,22). The minimum atomic E-state index is -0.550. The van der Waals surface area contributed by atoms with E-state index in [1.54, 1.807) is 7.11 Å². The van der Waals surface area contributed by atoms with Gasteiger partial charge in [0.05, 0.1) is 18.4 Å². The van der Waals surface area contributed by atoms with Crippen molar-refractivity contribution >= 4 is 17.2 Å². The quantitative estimate of drug-likeness (QED) is 0.809. The molecule has 1 aliphatic rings. The lowest BCUT2D eigenvalue weighted by Gasteiger charge is -2.23. The summed E-state index contributed by atoms with van der Waals surface area (Å²) in [6, 6.07) is 9.63. The van der Waals surface area contributed by atoms with E-state index in [1.165, 1.54) is 11.3 Å². The first-order valence-corrected chi connectivity index (χ1v) is 8.84. The number of hydrogen-bond acceptors (Lipinski definition) is 5. The molecule has 1 atom stereocenters. The van der Waals surface area contributed by atoms with E-state index in [0.717, 1.165) is 29.1 Å². The highest BCUT2D eigenvalue weighted by Crippen LogP contribution is 2.54. The van der Waals surface area contributed by atoms with Gasteiger partial charge in [0.25, 0.3) is 5.91 Å². The van der Waals surface area contributed by atoms with E-state index in [2.05, 4.69) is 10.3 Å². The van der Waals surface area contributed by atoms with Gasteiger partial charge < -0.3 is 15.2 Å². The van der Waals surface area contributed by atoms with E-state index < -0.39 is 6.10 Å². The molecular formula is C18H22N2O3S. The zero-order valence-corrected chi connectivity index (χ0v) is 14.7. The van der Waals surface area contributed by atoms with E-state index in [0.29, 0.717) is 18.0 Å². The predicted molar refractivity (Wildman–Crippen MR) is 93.0 cm³/mol. The van der Waals surface area contributed by atoms with Crippen LogP contribution in [0, 0.1) is 12.3 Å². The monoisotopic (exact) mass is 346 g/mol. The molecule has 1 aliphatic carbocycles.